The summed E-state index contributed by atoms with van der Waals surface area (Å²) in [7, 11) is 1.50. The number of anilines is 1. The van der Waals surface area contributed by atoms with Crippen molar-refractivity contribution in [2.45, 2.75) is 64.8 Å². The van der Waals surface area contributed by atoms with Crippen LogP contribution in [-0.4, -0.2) is 43.9 Å². The Labute approximate surface area is 208 Å². The van der Waals surface area contributed by atoms with Crippen LogP contribution in [0, 0.1) is 6.92 Å². The van der Waals surface area contributed by atoms with Gasteiger partial charge in [-0.15, -0.1) is 0 Å². The number of hydrogen-bond donors (Lipinski definition) is 2. The number of amides is 3. The van der Waals surface area contributed by atoms with Crippen molar-refractivity contribution in [3.8, 4) is 0 Å². The summed E-state index contributed by atoms with van der Waals surface area (Å²) in [4.78, 5) is 36.2. The van der Waals surface area contributed by atoms with E-state index in [1.807, 2.05) is 11.7 Å². The first-order chi connectivity index (χ1) is 17.0. The smallest absolute Gasteiger partial charge is 0.338 e. The van der Waals surface area contributed by atoms with Crippen molar-refractivity contribution in [1.82, 2.24) is 4.90 Å². The van der Waals surface area contributed by atoms with Gasteiger partial charge in [0.15, 0.2) is 0 Å². The Hall–Kier alpha value is -3.32. The Balaban J connectivity index is 0.000000220. The zero-order valence-electron chi connectivity index (χ0n) is 21.1. The Morgan fingerprint density at radius 2 is 1.54 bits per heavy atom. The predicted molar refractivity (Wildman–Crippen MR) is 142 cm³/mol. The van der Waals surface area contributed by atoms with Crippen LogP contribution in [0.1, 0.15) is 59.1 Å². The standard InChI is InChI=1S/C14H16N2O.C12H15NO.CH5N.CH2O/c1-15-14(17)16-13-11-6-2-4-9(11)8-10-5-3-7-12(10)13;1-10-4-6-11(7-5-10)9-13-8-2-3-12(13)14;2*1-2/h8H,1-7H2,(H,16,17);4-7H,2-3,8-9H2,1H3;2H2,1H3;1H2. The highest BCUT2D eigenvalue weighted by Crippen LogP contribution is 2.38. The van der Waals surface area contributed by atoms with E-state index in [1.54, 1.807) is 0 Å². The second-order valence-corrected chi connectivity index (χ2v) is 8.73. The van der Waals surface area contributed by atoms with Gasteiger partial charge in [-0.1, -0.05) is 35.9 Å². The maximum Gasteiger partial charge on any atom is 0.344 e. The van der Waals surface area contributed by atoms with Gasteiger partial charge in [-0.25, -0.2) is 9.79 Å². The molecule has 0 spiro atoms. The Morgan fingerprint density at radius 1 is 0.971 bits per heavy atom. The van der Waals surface area contributed by atoms with Gasteiger partial charge in [0.05, 0.1) is 0 Å². The fraction of sp³-hybridized carbons (Fsp3) is 0.429. The van der Waals surface area contributed by atoms with Crippen molar-refractivity contribution >= 4 is 31.1 Å². The molecule has 0 saturated carbocycles. The molecule has 0 bridgehead atoms. The summed E-state index contributed by atoms with van der Waals surface area (Å²) in [5.41, 5.74) is 13.6. The van der Waals surface area contributed by atoms with Crippen LogP contribution in [0.4, 0.5) is 10.5 Å². The molecule has 7 heteroatoms. The molecule has 0 atom stereocenters. The molecular formula is C28H38N4O3. The third kappa shape index (κ3) is 7.33. The van der Waals surface area contributed by atoms with Crippen molar-refractivity contribution in [2.24, 2.45) is 10.7 Å². The van der Waals surface area contributed by atoms with E-state index >= 15 is 0 Å². The number of rotatable bonds is 3. The first-order valence-electron chi connectivity index (χ1n) is 12.2. The van der Waals surface area contributed by atoms with E-state index in [2.05, 4.69) is 60.0 Å². The summed E-state index contributed by atoms with van der Waals surface area (Å²) in [6.45, 7) is 9.06. The van der Waals surface area contributed by atoms with E-state index in [9.17, 15) is 9.59 Å². The number of carbonyl (C=O) groups is 3. The minimum atomic E-state index is -0.334. The third-order valence-electron chi connectivity index (χ3n) is 6.51. The molecule has 0 unspecified atom stereocenters. The largest absolute Gasteiger partial charge is 0.344 e. The van der Waals surface area contributed by atoms with Crippen molar-refractivity contribution in [1.29, 1.82) is 0 Å². The van der Waals surface area contributed by atoms with Gasteiger partial charge in [0.25, 0.3) is 0 Å². The highest BCUT2D eigenvalue weighted by Gasteiger charge is 2.24. The first-order valence-corrected chi connectivity index (χ1v) is 12.2. The highest BCUT2D eigenvalue weighted by molar-refractivity contribution is 5.94. The molecule has 2 aliphatic carbocycles. The normalized spacial score (nSPS) is 14.8. The molecule has 7 nitrogen and oxygen atoms in total. The van der Waals surface area contributed by atoms with Crippen LogP contribution in [0.3, 0.4) is 0 Å². The zero-order chi connectivity index (χ0) is 25.8. The lowest BCUT2D eigenvalue weighted by molar-refractivity contribution is -0.128. The molecule has 2 aromatic rings. The number of likely N-dealkylation sites (tertiary alicyclic amines) is 1. The average molecular weight is 479 g/mol. The number of aryl methyl sites for hydroxylation is 3. The fourth-order valence-electron chi connectivity index (χ4n) is 4.90. The fourth-order valence-corrected chi connectivity index (χ4v) is 4.90. The molecule has 0 aromatic heterocycles. The Kier molecular flexibility index (Phi) is 11.3. The monoisotopic (exact) mass is 478 g/mol. The van der Waals surface area contributed by atoms with Gasteiger partial charge in [0.2, 0.25) is 5.91 Å². The number of nitrogens with one attached hydrogen (secondary N) is 1. The summed E-state index contributed by atoms with van der Waals surface area (Å²) in [6.07, 6.45) is 8.59. The van der Waals surface area contributed by atoms with Crippen molar-refractivity contribution < 1.29 is 14.4 Å². The second kappa shape index (κ2) is 14.2. The van der Waals surface area contributed by atoms with E-state index in [1.165, 1.54) is 53.3 Å². The van der Waals surface area contributed by atoms with E-state index < -0.39 is 0 Å². The molecule has 1 aliphatic heterocycles. The lowest BCUT2D eigenvalue weighted by atomic mass is 9.99. The summed E-state index contributed by atoms with van der Waals surface area (Å²) in [6, 6.07) is 10.4. The van der Waals surface area contributed by atoms with Gasteiger partial charge in [-0.3, -0.25) is 4.79 Å². The molecular weight excluding hydrogens is 440 g/mol. The van der Waals surface area contributed by atoms with Crippen LogP contribution in [-0.2, 0) is 41.8 Å². The number of carbonyl (C=O) groups excluding carboxylic acids is 3. The highest BCUT2D eigenvalue weighted by atomic mass is 16.2. The molecule has 35 heavy (non-hydrogen) atoms. The molecule has 1 heterocycles. The van der Waals surface area contributed by atoms with E-state index in [0.717, 1.165) is 57.3 Å². The number of hydrogen-bond acceptors (Lipinski definition) is 4. The Morgan fingerprint density at radius 3 is 2.03 bits per heavy atom. The van der Waals surface area contributed by atoms with Gasteiger partial charge in [-0.05, 0) is 93.5 Å². The SMILES string of the molecule is C=NC(=O)Nc1c2c(cc3c1CCC3)CCC2.C=O.CN.Cc1ccc(CN2CCCC2=O)cc1. The molecule has 3 aliphatic rings. The van der Waals surface area contributed by atoms with Gasteiger partial charge in [0.1, 0.15) is 6.79 Å². The van der Waals surface area contributed by atoms with Crippen LogP contribution in [0.15, 0.2) is 35.3 Å². The Bertz CT molecular complexity index is 986. The maximum atomic E-state index is 11.4. The number of benzene rings is 2. The maximum absolute atomic E-state index is 11.4. The molecule has 1 fully saturated rings. The van der Waals surface area contributed by atoms with Crippen LogP contribution < -0.4 is 11.1 Å². The third-order valence-corrected chi connectivity index (χ3v) is 6.51. The first kappa shape index (κ1) is 27.9. The summed E-state index contributed by atoms with van der Waals surface area (Å²) in [5, 5.41) is 2.92. The van der Waals surface area contributed by atoms with E-state index in [4.69, 9.17) is 4.79 Å². The molecule has 3 amide bonds. The molecule has 1 saturated heterocycles. The summed E-state index contributed by atoms with van der Waals surface area (Å²) in [5.74, 6) is 0.297. The molecule has 3 N–H and O–H groups in total. The van der Waals surface area contributed by atoms with Crippen molar-refractivity contribution in [3.63, 3.8) is 0 Å². The van der Waals surface area contributed by atoms with Gasteiger partial charge in [0, 0.05) is 25.2 Å². The van der Waals surface area contributed by atoms with Crippen LogP contribution >= 0.6 is 0 Å². The zero-order valence-corrected chi connectivity index (χ0v) is 21.1. The van der Waals surface area contributed by atoms with Crippen molar-refractivity contribution in [3.05, 3.63) is 63.7 Å². The van der Waals surface area contributed by atoms with Gasteiger partial charge < -0.3 is 20.7 Å². The van der Waals surface area contributed by atoms with Crippen LogP contribution in [0.5, 0.6) is 0 Å². The number of aliphatic imine (C=N–C) groups is 1. The van der Waals surface area contributed by atoms with Crippen molar-refractivity contribution in [2.75, 3.05) is 18.9 Å². The predicted octanol–water partition coefficient (Wildman–Crippen LogP) is 4.40. The van der Waals surface area contributed by atoms with Crippen LogP contribution in [0.25, 0.3) is 0 Å². The second-order valence-electron chi connectivity index (χ2n) is 8.73. The molecule has 188 valence electrons. The summed E-state index contributed by atoms with van der Waals surface area (Å²) >= 11 is 0. The number of nitrogens with two attached hydrogens (primary N) is 1. The average Bonchev–Trinajstić information content (AvgIpc) is 3.65. The molecule has 0 radical (unpaired) electrons. The van der Waals surface area contributed by atoms with E-state index in [-0.39, 0.29) is 6.03 Å². The minimum absolute atomic E-state index is 0.297. The van der Waals surface area contributed by atoms with Crippen LogP contribution in [0.2, 0.25) is 0 Å². The number of fused-ring (bicyclic) bond motifs is 2. The summed E-state index contributed by atoms with van der Waals surface area (Å²) < 4.78 is 0. The minimum Gasteiger partial charge on any atom is -0.338 e. The lowest BCUT2D eigenvalue weighted by Gasteiger charge is -2.15. The van der Waals surface area contributed by atoms with E-state index in [0.29, 0.717) is 5.91 Å². The molecule has 2 aromatic carbocycles. The number of urea groups is 1. The molecule has 5 rings (SSSR count). The number of nitrogens with zero attached hydrogens (tertiary/aromatic N) is 2. The van der Waals surface area contributed by atoms with Gasteiger partial charge >= 0.3 is 6.03 Å². The topological polar surface area (TPSA) is 105 Å². The van der Waals surface area contributed by atoms with Gasteiger partial charge in [-0.2, -0.15) is 0 Å². The lowest BCUT2D eigenvalue weighted by Crippen LogP contribution is -2.23. The quantitative estimate of drug-likeness (QED) is 0.638.